The molecule has 3 atom stereocenters. The van der Waals surface area contributed by atoms with E-state index in [-0.39, 0.29) is 11.9 Å². The Balaban J connectivity index is 1.87. The van der Waals surface area contributed by atoms with E-state index in [4.69, 9.17) is 4.74 Å². The molecule has 0 N–H and O–H groups in total. The lowest BCUT2D eigenvalue weighted by atomic mass is 9.63. The zero-order valence-electron chi connectivity index (χ0n) is 14.7. The minimum atomic E-state index is -0.175. The van der Waals surface area contributed by atoms with Crippen LogP contribution >= 0.6 is 0 Å². The smallest absolute Gasteiger partial charge is 0.339 e. The molecule has 2 heteroatoms. The Kier molecular flexibility index (Phi) is 4.18. The summed E-state index contributed by atoms with van der Waals surface area (Å²) in [5.41, 5.74) is 4.27. The van der Waals surface area contributed by atoms with Crippen LogP contribution in [0.5, 0.6) is 5.75 Å². The van der Waals surface area contributed by atoms with Crippen molar-refractivity contribution in [2.24, 2.45) is 23.7 Å². The number of para-hydroxylation sites is 1. The summed E-state index contributed by atoms with van der Waals surface area (Å²) in [5, 5.41) is 0. The summed E-state index contributed by atoms with van der Waals surface area (Å²) >= 11 is 0. The highest BCUT2D eigenvalue weighted by Gasteiger charge is 2.40. The van der Waals surface area contributed by atoms with Gasteiger partial charge in [-0.25, -0.2) is 4.79 Å². The van der Waals surface area contributed by atoms with Crippen molar-refractivity contribution in [2.75, 3.05) is 0 Å². The van der Waals surface area contributed by atoms with Gasteiger partial charge in [-0.2, -0.15) is 0 Å². The third-order valence-corrected chi connectivity index (χ3v) is 5.45. The van der Waals surface area contributed by atoms with Crippen molar-refractivity contribution in [2.45, 2.75) is 41.0 Å². The van der Waals surface area contributed by atoms with Gasteiger partial charge in [-0.3, -0.25) is 0 Å². The molecule has 0 heterocycles. The second-order valence-electron chi connectivity index (χ2n) is 7.42. The molecule has 4 rings (SSSR count). The van der Waals surface area contributed by atoms with Crippen molar-refractivity contribution in [1.29, 1.82) is 0 Å². The number of allylic oxidation sites excluding steroid dienone is 3. The van der Waals surface area contributed by atoms with Crippen LogP contribution in [-0.2, 0) is 4.79 Å². The molecule has 3 aliphatic rings. The first kappa shape index (κ1) is 16.0. The summed E-state index contributed by atoms with van der Waals surface area (Å²) in [5.74, 6) is 2.25. The van der Waals surface area contributed by atoms with E-state index in [1.807, 2.05) is 32.0 Å². The van der Waals surface area contributed by atoms with E-state index in [1.165, 1.54) is 5.57 Å². The number of fused-ring (bicyclic) bond motifs is 1. The molecule has 0 unspecified atom stereocenters. The van der Waals surface area contributed by atoms with Gasteiger partial charge in [-0.1, -0.05) is 49.8 Å². The summed E-state index contributed by atoms with van der Waals surface area (Å²) < 4.78 is 5.79. The van der Waals surface area contributed by atoms with Gasteiger partial charge >= 0.3 is 5.97 Å². The summed E-state index contributed by atoms with van der Waals surface area (Å²) in [6.45, 7) is 10.7. The molecule has 0 aliphatic heterocycles. The summed E-state index contributed by atoms with van der Waals surface area (Å²) in [7, 11) is 0. The van der Waals surface area contributed by atoms with Crippen LogP contribution in [0.1, 0.15) is 38.3 Å². The third-order valence-electron chi connectivity index (χ3n) is 5.45. The van der Waals surface area contributed by atoms with Crippen molar-refractivity contribution < 1.29 is 9.53 Å². The second-order valence-corrected chi connectivity index (χ2v) is 7.42. The highest BCUT2D eigenvalue weighted by Crippen LogP contribution is 2.46. The van der Waals surface area contributed by atoms with E-state index < -0.39 is 0 Å². The Hall–Kier alpha value is -1.83. The maximum Gasteiger partial charge on any atom is 0.339 e. The minimum absolute atomic E-state index is 0.175. The zero-order valence-corrected chi connectivity index (χ0v) is 14.7. The molecular formula is C21H26O2. The zero-order chi connectivity index (χ0) is 16.7. The van der Waals surface area contributed by atoms with Gasteiger partial charge in [-0.15, -0.1) is 0 Å². The molecule has 122 valence electrons. The fraction of sp³-hybridized carbons (Fsp3) is 0.476. The Morgan fingerprint density at radius 2 is 1.78 bits per heavy atom. The Morgan fingerprint density at radius 3 is 2.35 bits per heavy atom. The Morgan fingerprint density at radius 1 is 1.13 bits per heavy atom. The second kappa shape index (κ2) is 5.99. The first-order valence-corrected chi connectivity index (χ1v) is 8.57. The molecule has 23 heavy (non-hydrogen) atoms. The van der Waals surface area contributed by atoms with Crippen molar-refractivity contribution in [3.05, 3.63) is 52.6 Å². The fourth-order valence-electron chi connectivity index (χ4n) is 4.01. The number of aryl methyl sites for hydroxylation is 2. The van der Waals surface area contributed by atoms with E-state index in [2.05, 4.69) is 32.9 Å². The molecular weight excluding hydrogens is 284 g/mol. The maximum absolute atomic E-state index is 12.8. The molecule has 1 aromatic carbocycles. The minimum Gasteiger partial charge on any atom is -0.423 e. The van der Waals surface area contributed by atoms with Crippen LogP contribution in [0.4, 0.5) is 0 Å². The lowest BCUT2D eigenvalue weighted by molar-refractivity contribution is -0.131. The van der Waals surface area contributed by atoms with Crippen molar-refractivity contribution in [3.63, 3.8) is 0 Å². The molecule has 2 nitrogen and oxygen atoms in total. The average molecular weight is 310 g/mol. The van der Waals surface area contributed by atoms with Crippen molar-refractivity contribution >= 4 is 5.97 Å². The lowest BCUT2D eigenvalue weighted by Gasteiger charge is -2.41. The first-order valence-electron chi connectivity index (χ1n) is 8.57. The Labute approximate surface area is 139 Å². The number of carbonyl (C=O) groups is 1. The van der Waals surface area contributed by atoms with Crippen LogP contribution in [0.25, 0.3) is 0 Å². The largest absolute Gasteiger partial charge is 0.423 e. The monoisotopic (exact) mass is 310 g/mol. The quantitative estimate of drug-likeness (QED) is 0.446. The van der Waals surface area contributed by atoms with Crippen LogP contribution in [0.15, 0.2) is 41.5 Å². The van der Waals surface area contributed by atoms with E-state index >= 15 is 0 Å². The number of ether oxygens (including phenoxy) is 1. The maximum atomic E-state index is 12.8. The van der Waals surface area contributed by atoms with Gasteiger partial charge in [0.05, 0.1) is 0 Å². The molecule has 0 radical (unpaired) electrons. The highest BCUT2D eigenvalue weighted by molar-refractivity contribution is 5.92. The molecule has 0 saturated carbocycles. The van der Waals surface area contributed by atoms with E-state index in [9.17, 15) is 4.79 Å². The predicted molar refractivity (Wildman–Crippen MR) is 93.3 cm³/mol. The standard InChI is InChI=1S/C21H26O2/c1-12(2)17-10-16-11-19(18(17)9-15(16)5)21(22)23-20-13(3)7-6-8-14(20)4/h6-9,11-12,16-18H,10H2,1-5H3/t16-,17-,18+/m1/s1. The normalized spacial score (nSPS) is 26.1. The molecule has 0 amide bonds. The van der Waals surface area contributed by atoms with Crippen LogP contribution in [0, 0.1) is 37.5 Å². The molecule has 3 aliphatic carbocycles. The first-order chi connectivity index (χ1) is 10.9. The number of esters is 1. The number of hydrogen-bond acceptors (Lipinski definition) is 2. The lowest BCUT2D eigenvalue weighted by Crippen LogP contribution is -2.36. The predicted octanol–water partition coefficient (Wildman–Crippen LogP) is 5.00. The summed E-state index contributed by atoms with van der Waals surface area (Å²) in [6, 6.07) is 5.96. The summed E-state index contributed by atoms with van der Waals surface area (Å²) in [6.07, 6.45) is 5.60. The number of benzene rings is 1. The number of carbonyl (C=O) groups excluding carboxylic acids is 1. The van der Waals surface area contributed by atoms with Crippen molar-refractivity contribution in [1.82, 2.24) is 0 Å². The van der Waals surface area contributed by atoms with Gasteiger partial charge in [0.25, 0.3) is 0 Å². The number of rotatable bonds is 3. The van der Waals surface area contributed by atoms with Crippen LogP contribution in [0.2, 0.25) is 0 Å². The van der Waals surface area contributed by atoms with E-state index in [1.54, 1.807) is 0 Å². The molecule has 0 spiro atoms. The average Bonchev–Trinajstić information content (AvgIpc) is 2.50. The molecule has 0 aromatic heterocycles. The molecule has 2 bridgehead atoms. The van der Waals surface area contributed by atoms with Crippen LogP contribution in [-0.4, -0.2) is 5.97 Å². The van der Waals surface area contributed by atoms with Crippen LogP contribution in [0.3, 0.4) is 0 Å². The van der Waals surface area contributed by atoms with Crippen LogP contribution < -0.4 is 4.74 Å². The topological polar surface area (TPSA) is 26.3 Å². The van der Waals surface area contributed by atoms with Gasteiger partial charge in [-0.05, 0) is 56.1 Å². The van der Waals surface area contributed by atoms with Gasteiger partial charge in [0.2, 0.25) is 0 Å². The van der Waals surface area contributed by atoms with Gasteiger partial charge in [0, 0.05) is 11.5 Å². The number of hydrogen-bond donors (Lipinski definition) is 0. The van der Waals surface area contributed by atoms with Gasteiger partial charge in [0.15, 0.2) is 0 Å². The van der Waals surface area contributed by atoms with Gasteiger partial charge < -0.3 is 4.74 Å². The molecule has 0 fully saturated rings. The Bertz CT molecular complexity index is 674. The van der Waals surface area contributed by atoms with Gasteiger partial charge in [0.1, 0.15) is 5.75 Å². The highest BCUT2D eigenvalue weighted by atomic mass is 16.5. The molecule has 0 saturated heterocycles. The third kappa shape index (κ3) is 2.87. The van der Waals surface area contributed by atoms with Crippen molar-refractivity contribution in [3.8, 4) is 5.75 Å². The molecule has 1 aromatic rings. The summed E-state index contributed by atoms with van der Waals surface area (Å²) in [4.78, 5) is 12.8. The fourth-order valence-corrected chi connectivity index (χ4v) is 4.01. The van der Waals surface area contributed by atoms with E-state index in [0.717, 1.165) is 23.1 Å². The van der Waals surface area contributed by atoms with E-state index in [0.29, 0.717) is 23.5 Å². The SMILES string of the molecule is CC1=C[C@@H]2C(C(=O)Oc3c(C)cccc3C)=C[C@H]1C[C@@H]2C(C)C.